The molecule has 1 aliphatic rings. The van der Waals surface area contributed by atoms with E-state index in [1.54, 1.807) is 6.92 Å². The largest absolute Gasteiger partial charge is 0.462 e. The number of amides is 2. The topological polar surface area (TPSA) is 96.9 Å². The van der Waals surface area contributed by atoms with Gasteiger partial charge in [0.1, 0.15) is 5.00 Å². The Labute approximate surface area is 187 Å². The molecule has 0 spiro atoms. The monoisotopic (exact) mass is 491 g/mol. The van der Waals surface area contributed by atoms with Crippen LogP contribution in [0.3, 0.4) is 0 Å². The van der Waals surface area contributed by atoms with Crippen LogP contribution in [0, 0.1) is 5.92 Å². The number of thiophene rings is 1. The standard InChI is InChI=1S/C21H22BrN3O4S/c1-3-29-21(28)17-14-9-8-12(2)10-16(14)30-20(17)24-18(26)19(27)25-23-11-13-6-4-5-7-15(13)22/h4-7,11-12H,3,8-10H2,1-2H3,(H,24,26)(H,25,27). The highest BCUT2D eigenvalue weighted by atomic mass is 79.9. The summed E-state index contributed by atoms with van der Waals surface area (Å²) in [5, 5.41) is 6.74. The van der Waals surface area contributed by atoms with Crippen LogP contribution in [-0.4, -0.2) is 30.6 Å². The van der Waals surface area contributed by atoms with Gasteiger partial charge in [0.2, 0.25) is 0 Å². The van der Waals surface area contributed by atoms with Gasteiger partial charge in [0.05, 0.1) is 18.4 Å². The van der Waals surface area contributed by atoms with Crippen LogP contribution in [0.1, 0.15) is 46.6 Å². The van der Waals surface area contributed by atoms with Crippen molar-refractivity contribution < 1.29 is 19.1 Å². The highest BCUT2D eigenvalue weighted by molar-refractivity contribution is 9.10. The fourth-order valence-corrected chi connectivity index (χ4v) is 4.99. The molecule has 9 heteroatoms. The Kier molecular flexibility index (Phi) is 7.38. The quantitative estimate of drug-likeness (QED) is 0.286. The minimum absolute atomic E-state index is 0.234. The number of nitrogens with zero attached hydrogens (tertiary/aromatic N) is 1. The van der Waals surface area contributed by atoms with Crippen molar-refractivity contribution in [1.29, 1.82) is 0 Å². The molecule has 1 aliphatic carbocycles. The van der Waals surface area contributed by atoms with Crippen molar-refractivity contribution in [2.24, 2.45) is 11.0 Å². The predicted octanol–water partition coefficient (Wildman–Crippen LogP) is 3.90. The summed E-state index contributed by atoms with van der Waals surface area (Å²) in [7, 11) is 0. The lowest BCUT2D eigenvalue weighted by Crippen LogP contribution is -2.32. The van der Waals surface area contributed by atoms with Crippen LogP contribution in [0.5, 0.6) is 0 Å². The van der Waals surface area contributed by atoms with E-state index in [1.807, 2.05) is 24.3 Å². The lowest BCUT2D eigenvalue weighted by Gasteiger charge is -2.18. The molecule has 1 aromatic carbocycles. The second-order valence-corrected chi connectivity index (χ2v) is 8.91. The molecule has 0 saturated carbocycles. The Hall–Kier alpha value is -2.52. The van der Waals surface area contributed by atoms with E-state index in [1.165, 1.54) is 17.6 Å². The Morgan fingerprint density at radius 1 is 1.30 bits per heavy atom. The third-order valence-electron chi connectivity index (χ3n) is 4.70. The fourth-order valence-electron chi connectivity index (χ4n) is 3.21. The van der Waals surface area contributed by atoms with Crippen LogP contribution in [0.4, 0.5) is 5.00 Å². The molecule has 0 fully saturated rings. The van der Waals surface area contributed by atoms with Gasteiger partial charge in [-0.2, -0.15) is 5.10 Å². The van der Waals surface area contributed by atoms with Crippen LogP contribution in [-0.2, 0) is 27.2 Å². The third kappa shape index (κ3) is 5.14. The maximum Gasteiger partial charge on any atom is 0.341 e. The highest BCUT2D eigenvalue weighted by Crippen LogP contribution is 2.40. The Morgan fingerprint density at radius 3 is 2.80 bits per heavy atom. The second-order valence-electron chi connectivity index (χ2n) is 6.95. The molecular formula is C21H22BrN3O4S. The molecule has 0 saturated heterocycles. The van der Waals surface area contributed by atoms with Crippen molar-refractivity contribution in [2.75, 3.05) is 11.9 Å². The Balaban J connectivity index is 1.73. The average Bonchev–Trinajstić information content (AvgIpc) is 3.06. The van der Waals surface area contributed by atoms with Gasteiger partial charge in [-0.3, -0.25) is 9.59 Å². The number of hydrogen-bond donors (Lipinski definition) is 2. The van der Waals surface area contributed by atoms with E-state index in [2.05, 4.69) is 38.7 Å². The van der Waals surface area contributed by atoms with Crippen molar-refractivity contribution in [3.63, 3.8) is 0 Å². The van der Waals surface area contributed by atoms with E-state index >= 15 is 0 Å². The smallest absolute Gasteiger partial charge is 0.341 e. The number of nitrogens with one attached hydrogen (secondary N) is 2. The SMILES string of the molecule is CCOC(=O)c1c(NC(=O)C(=O)NN=Cc2ccccc2Br)sc2c1CCC(C)C2. The minimum Gasteiger partial charge on any atom is -0.462 e. The number of hydrazone groups is 1. The number of hydrogen-bond acceptors (Lipinski definition) is 6. The van der Waals surface area contributed by atoms with E-state index in [0.717, 1.165) is 39.7 Å². The number of carbonyl (C=O) groups excluding carboxylic acids is 3. The number of halogens is 1. The predicted molar refractivity (Wildman–Crippen MR) is 120 cm³/mol. The molecule has 1 aromatic heterocycles. The highest BCUT2D eigenvalue weighted by Gasteiger charge is 2.30. The molecular weight excluding hydrogens is 470 g/mol. The van der Waals surface area contributed by atoms with Crippen molar-refractivity contribution in [3.05, 3.63) is 50.3 Å². The number of carbonyl (C=O) groups is 3. The first-order chi connectivity index (χ1) is 14.4. The van der Waals surface area contributed by atoms with Gasteiger partial charge in [0.25, 0.3) is 0 Å². The normalized spacial score (nSPS) is 15.5. The molecule has 2 amide bonds. The molecule has 2 aromatic rings. The molecule has 7 nitrogen and oxygen atoms in total. The third-order valence-corrected chi connectivity index (χ3v) is 6.59. The zero-order chi connectivity index (χ0) is 21.7. The summed E-state index contributed by atoms with van der Waals surface area (Å²) in [5.41, 5.74) is 4.24. The first-order valence-electron chi connectivity index (χ1n) is 9.61. The van der Waals surface area contributed by atoms with Crippen LogP contribution in [0.15, 0.2) is 33.8 Å². The minimum atomic E-state index is -0.923. The van der Waals surface area contributed by atoms with Crippen molar-refractivity contribution >= 4 is 56.3 Å². The van der Waals surface area contributed by atoms with Crippen LogP contribution >= 0.6 is 27.3 Å². The lowest BCUT2D eigenvalue weighted by molar-refractivity contribution is -0.136. The van der Waals surface area contributed by atoms with Gasteiger partial charge in [-0.25, -0.2) is 10.2 Å². The van der Waals surface area contributed by atoms with Crippen molar-refractivity contribution in [2.45, 2.75) is 33.1 Å². The van der Waals surface area contributed by atoms with E-state index < -0.39 is 17.8 Å². The zero-order valence-electron chi connectivity index (χ0n) is 16.7. The van der Waals surface area contributed by atoms with Gasteiger partial charge < -0.3 is 10.1 Å². The number of rotatable bonds is 5. The summed E-state index contributed by atoms with van der Waals surface area (Å²) in [6.45, 7) is 4.12. The molecule has 0 bridgehead atoms. The van der Waals surface area contributed by atoms with Gasteiger partial charge in [-0.05, 0) is 43.7 Å². The zero-order valence-corrected chi connectivity index (χ0v) is 19.1. The van der Waals surface area contributed by atoms with E-state index in [0.29, 0.717) is 16.5 Å². The van der Waals surface area contributed by atoms with Crippen LogP contribution in [0.25, 0.3) is 0 Å². The molecule has 1 heterocycles. The fraction of sp³-hybridized carbons (Fsp3) is 0.333. The van der Waals surface area contributed by atoms with Gasteiger partial charge in [0.15, 0.2) is 0 Å². The molecule has 0 radical (unpaired) electrons. The molecule has 1 atom stereocenters. The molecule has 158 valence electrons. The van der Waals surface area contributed by atoms with Crippen LogP contribution in [0.2, 0.25) is 0 Å². The van der Waals surface area contributed by atoms with Crippen molar-refractivity contribution in [3.8, 4) is 0 Å². The summed E-state index contributed by atoms with van der Waals surface area (Å²) in [6, 6.07) is 7.34. The number of benzene rings is 1. The molecule has 1 unspecified atom stereocenters. The average molecular weight is 492 g/mol. The number of esters is 1. The van der Waals surface area contributed by atoms with Gasteiger partial charge >= 0.3 is 17.8 Å². The van der Waals surface area contributed by atoms with Gasteiger partial charge in [0, 0.05) is 14.9 Å². The van der Waals surface area contributed by atoms with E-state index in [9.17, 15) is 14.4 Å². The Bertz CT molecular complexity index is 1000. The first-order valence-corrected chi connectivity index (χ1v) is 11.2. The van der Waals surface area contributed by atoms with E-state index in [4.69, 9.17) is 4.74 Å². The second kappa shape index (κ2) is 9.99. The number of anilines is 1. The van der Waals surface area contributed by atoms with Gasteiger partial charge in [-0.15, -0.1) is 11.3 Å². The first kappa shape index (κ1) is 22.2. The van der Waals surface area contributed by atoms with Gasteiger partial charge in [-0.1, -0.05) is 41.1 Å². The molecule has 0 aliphatic heterocycles. The molecule has 3 rings (SSSR count). The number of fused-ring (bicyclic) bond motifs is 1. The summed E-state index contributed by atoms with van der Waals surface area (Å²) in [4.78, 5) is 38.1. The van der Waals surface area contributed by atoms with Crippen LogP contribution < -0.4 is 10.7 Å². The molecule has 2 N–H and O–H groups in total. The Morgan fingerprint density at radius 2 is 2.07 bits per heavy atom. The maximum atomic E-state index is 12.5. The van der Waals surface area contributed by atoms with Crippen molar-refractivity contribution in [1.82, 2.24) is 5.43 Å². The summed E-state index contributed by atoms with van der Waals surface area (Å²) in [6.07, 6.45) is 3.99. The summed E-state index contributed by atoms with van der Waals surface area (Å²) >= 11 is 4.71. The summed E-state index contributed by atoms with van der Waals surface area (Å²) in [5.74, 6) is -1.79. The maximum absolute atomic E-state index is 12.5. The summed E-state index contributed by atoms with van der Waals surface area (Å²) < 4.78 is 5.99. The lowest BCUT2D eigenvalue weighted by atomic mass is 9.88. The van der Waals surface area contributed by atoms with E-state index in [-0.39, 0.29) is 6.61 Å². The number of ether oxygens (including phenoxy) is 1. The molecule has 30 heavy (non-hydrogen) atoms.